The number of rotatable bonds is 9. The van der Waals surface area contributed by atoms with Crippen LogP contribution in [0.2, 0.25) is 0 Å². The molecule has 3 N–H and O–H groups in total. The van der Waals surface area contributed by atoms with Crippen molar-refractivity contribution in [2.45, 2.75) is 45.6 Å². The molecule has 1 atom stereocenters. The molecule has 7 nitrogen and oxygen atoms in total. The highest BCUT2D eigenvalue weighted by molar-refractivity contribution is 5.79. The van der Waals surface area contributed by atoms with Gasteiger partial charge in [-0.25, -0.2) is 4.79 Å². The monoisotopic (exact) mass is 438 g/mol. The van der Waals surface area contributed by atoms with E-state index in [0.717, 1.165) is 22.3 Å². The van der Waals surface area contributed by atoms with Crippen LogP contribution in [0, 0.1) is 5.41 Å². The predicted molar refractivity (Wildman–Crippen MR) is 121 cm³/mol. The number of benzene rings is 2. The van der Waals surface area contributed by atoms with Crippen molar-refractivity contribution in [3.05, 3.63) is 59.7 Å². The lowest BCUT2D eigenvalue weighted by Crippen LogP contribution is -2.40. The van der Waals surface area contributed by atoms with Crippen LogP contribution < -0.4 is 10.6 Å². The Bertz CT molecular complexity index is 956. The molecule has 0 aromatic heterocycles. The second-order valence-electron chi connectivity index (χ2n) is 9.09. The summed E-state index contributed by atoms with van der Waals surface area (Å²) in [5.41, 5.74) is 4.04. The lowest BCUT2D eigenvalue weighted by Gasteiger charge is -2.23. The van der Waals surface area contributed by atoms with Crippen molar-refractivity contribution in [2.24, 2.45) is 5.41 Å². The second kappa shape index (κ2) is 9.85. The first-order valence-electron chi connectivity index (χ1n) is 10.8. The van der Waals surface area contributed by atoms with E-state index >= 15 is 0 Å². The molecular formula is C25H30N2O5. The molecule has 0 heterocycles. The minimum atomic E-state index is -0.908. The molecule has 3 rings (SSSR count). The molecule has 0 saturated carbocycles. The van der Waals surface area contributed by atoms with Gasteiger partial charge in [0.05, 0.1) is 6.42 Å². The van der Waals surface area contributed by atoms with Crippen molar-refractivity contribution in [1.82, 2.24) is 10.6 Å². The summed E-state index contributed by atoms with van der Waals surface area (Å²) in [6.07, 6.45) is -0.535. The molecule has 170 valence electrons. The minimum Gasteiger partial charge on any atom is -0.481 e. The van der Waals surface area contributed by atoms with Crippen LogP contribution in [0.25, 0.3) is 11.1 Å². The second-order valence-corrected chi connectivity index (χ2v) is 9.09. The van der Waals surface area contributed by atoms with Crippen molar-refractivity contribution in [3.63, 3.8) is 0 Å². The molecular weight excluding hydrogens is 408 g/mol. The van der Waals surface area contributed by atoms with Gasteiger partial charge in [0.25, 0.3) is 0 Å². The molecule has 2 aromatic rings. The number of alkyl carbamates (subject to hydrolysis) is 1. The maximum atomic E-state index is 12.3. The Morgan fingerprint density at radius 2 is 1.59 bits per heavy atom. The lowest BCUT2D eigenvalue weighted by atomic mass is 9.89. The largest absolute Gasteiger partial charge is 0.481 e. The average molecular weight is 439 g/mol. The zero-order valence-electron chi connectivity index (χ0n) is 18.7. The summed E-state index contributed by atoms with van der Waals surface area (Å²) in [6, 6.07) is 15.8. The first-order chi connectivity index (χ1) is 15.2. The molecule has 2 aromatic carbocycles. The number of nitrogens with one attached hydrogen (secondary N) is 2. The molecule has 1 aliphatic carbocycles. The van der Waals surface area contributed by atoms with Gasteiger partial charge in [0.15, 0.2) is 0 Å². The number of carbonyl (C=O) groups excluding carboxylic acids is 2. The smallest absolute Gasteiger partial charge is 0.407 e. The summed E-state index contributed by atoms with van der Waals surface area (Å²) >= 11 is 0. The number of hydrogen-bond acceptors (Lipinski definition) is 4. The van der Waals surface area contributed by atoms with E-state index in [0.29, 0.717) is 0 Å². The summed E-state index contributed by atoms with van der Waals surface area (Å²) in [6.45, 7) is 5.74. The highest BCUT2D eigenvalue weighted by Gasteiger charge is 2.29. The first-order valence-corrected chi connectivity index (χ1v) is 10.8. The number of amides is 2. The van der Waals surface area contributed by atoms with Crippen LogP contribution in [0.1, 0.15) is 50.7 Å². The third-order valence-corrected chi connectivity index (χ3v) is 5.59. The number of fused-ring (bicyclic) bond motifs is 3. The van der Waals surface area contributed by atoms with E-state index in [-0.39, 0.29) is 37.8 Å². The summed E-state index contributed by atoms with van der Waals surface area (Å²) in [5.74, 6) is -1.19. The van der Waals surface area contributed by atoms with Gasteiger partial charge in [-0.05, 0) is 34.6 Å². The standard InChI is InChI=1S/C25H30N2O5/c1-16(12-22(28)26-15-25(2,3)13-23(29)30)27-24(31)32-14-21-19-10-6-4-8-17(19)18-9-5-7-11-20(18)21/h4-11,16,21H,12-15H2,1-3H3,(H,26,28)(H,27,31)(H,29,30)/t16-/m1/s1. The van der Waals surface area contributed by atoms with E-state index in [1.807, 2.05) is 24.3 Å². The molecule has 0 bridgehead atoms. The van der Waals surface area contributed by atoms with Gasteiger partial charge in [-0.3, -0.25) is 9.59 Å². The van der Waals surface area contributed by atoms with Crippen LogP contribution in [-0.4, -0.2) is 42.3 Å². The topological polar surface area (TPSA) is 105 Å². The number of aliphatic carboxylic acids is 1. The lowest BCUT2D eigenvalue weighted by molar-refractivity contribution is -0.139. The molecule has 0 spiro atoms. The van der Waals surface area contributed by atoms with Crippen molar-refractivity contribution >= 4 is 18.0 Å². The first kappa shape index (κ1) is 23.3. The normalized spacial score (nSPS) is 13.6. The Kier molecular flexibility index (Phi) is 7.18. The summed E-state index contributed by atoms with van der Waals surface area (Å²) < 4.78 is 5.50. The van der Waals surface area contributed by atoms with Crippen LogP contribution in [-0.2, 0) is 14.3 Å². The van der Waals surface area contributed by atoms with Gasteiger partial charge in [-0.1, -0.05) is 62.4 Å². The number of ether oxygens (including phenoxy) is 1. The Morgan fingerprint density at radius 1 is 1.03 bits per heavy atom. The fourth-order valence-electron chi connectivity index (χ4n) is 4.05. The molecule has 0 unspecified atom stereocenters. The number of carboxylic acids is 1. The molecule has 2 amide bonds. The minimum absolute atomic E-state index is 0.0248. The highest BCUT2D eigenvalue weighted by atomic mass is 16.5. The summed E-state index contributed by atoms with van der Waals surface area (Å²) in [4.78, 5) is 35.4. The Balaban J connectivity index is 1.48. The van der Waals surface area contributed by atoms with Gasteiger partial charge in [0, 0.05) is 24.9 Å². The molecule has 32 heavy (non-hydrogen) atoms. The summed E-state index contributed by atoms with van der Waals surface area (Å²) in [7, 11) is 0. The van der Waals surface area contributed by atoms with E-state index in [4.69, 9.17) is 9.84 Å². The van der Waals surface area contributed by atoms with Crippen molar-refractivity contribution in [2.75, 3.05) is 13.2 Å². The molecule has 1 aliphatic rings. The molecule has 0 saturated heterocycles. The molecule has 0 radical (unpaired) electrons. The number of carboxylic acid groups (broad SMARTS) is 1. The summed E-state index contributed by atoms with van der Waals surface area (Å²) in [5, 5.41) is 14.4. The Hall–Kier alpha value is -3.35. The fraction of sp³-hybridized carbons (Fsp3) is 0.400. The van der Waals surface area contributed by atoms with Gasteiger partial charge in [0.2, 0.25) is 5.91 Å². The van der Waals surface area contributed by atoms with E-state index in [1.54, 1.807) is 20.8 Å². The van der Waals surface area contributed by atoms with Gasteiger partial charge >= 0.3 is 12.1 Å². The van der Waals surface area contributed by atoms with E-state index in [2.05, 4.69) is 34.9 Å². The third kappa shape index (κ3) is 5.87. The van der Waals surface area contributed by atoms with Crippen LogP contribution in [0.15, 0.2) is 48.5 Å². The van der Waals surface area contributed by atoms with Crippen molar-refractivity contribution < 1.29 is 24.2 Å². The Morgan fingerprint density at radius 3 is 2.16 bits per heavy atom. The van der Waals surface area contributed by atoms with Crippen LogP contribution in [0.5, 0.6) is 0 Å². The van der Waals surface area contributed by atoms with Gasteiger partial charge < -0.3 is 20.5 Å². The average Bonchev–Trinajstić information content (AvgIpc) is 3.04. The van der Waals surface area contributed by atoms with Gasteiger partial charge in [-0.15, -0.1) is 0 Å². The number of hydrogen-bond donors (Lipinski definition) is 3. The van der Waals surface area contributed by atoms with Crippen LogP contribution in [0.4, 0.5) is 4.79 Å². The zero-order chi connectivity index (χ0) is 23.3. The zero-order valence-corrected chi connectivity index (χ0v) is 18.7. The predicted octanol–water partition coefficient (Wildman–Crippen LogP) is 3.92. The van der Waals surface area contributed by atoms with Crippen molar-refractivity contribution in [1.29, 1.82) is 0 Å². The maximum absolute atomic E-state index is 12.3. The number of carbonyl (C=O) groups is 3. The molecule has 7 heteroatoms. The maximum Gasteiger partial charge on any atom is 0.407 e. The van der Waals surface area contributed by atoms with E-state index < -0.39 is 23.5 Å². The molecule has 0 aliphatic heterocycles. The Labute approximate surface area is 188 Å². The highest BCUT2D eigenvalue weighted by Crippen LogP contribution is 2.44. The van der Waals surface area contributed by atoms with Crippen molar-refractivity contribution in [3.8, 4) is 11.1 Å². The SMILES string of the molecule is C[C@H](CC(=O)NCC(C)(C)CC(=O)O)NC(=O)OCC1c2ccccc2-c2ccccc21. The third-order valence-electron chi connectivity index (χ3n) is 5.59. The van der Waals surface area contributed by atoms with E-state index in [1.165, 1.54) is 0 Å². The molecule has 0 fully saturated rings. The quantitative estimate of drug-likeness (QED) is 0.550. The van der Waals surface area contributed by atoms with Crippen LogP contribution in [0.3, 0.4) is 0 Å². The van der Waals surface area contributed by atoms with Gasteiger partial charge in [-0.2, -0.15) is 0 Å². The van der Waals surface area contributed by atoms with E-state index in [9.17, 15) is 14.4 Å². The van der Waals surface area contributed by atoms with Crippen LogP contribution >= 0.6 is 0 Å². The van der Waals surface area contributed by atoms with Gasteiger partial charge in [0.1, 0.15) is 6.61 Å². The fourth-order valence-corrected chi connectivity index (χ4v) is 4.05.